The van der Waals surface area contributed by atoms with Crippen molar-refractivity contribution >= 4 is 34.2 Å². The molecule has 0 radical (unpaired) electrons. The number of anilines is 1. The molecule has 0 aliphatic carbocycles. The van der Waals surface area contributed by atoms with Crippen LogP contribution in [-0.2, 0) is 9.53 Å². The van der Waals surface area contributed by atoms with Gasteiger partial charge in [-0.3, -0.25) is 10.1 Å². The Kier molecular flexibility index (Phi) is 5.98. The number of nitrogens with zero attached hydrogens (tertiary/aromatic N) is 3. The molecule has 2 N–H and O–H groups in total. The van der Waals surface area contributed by atoms with Gasteiger partial charge in [-0.15, -0.1) is 0 Å². The molecule has 1 unspecified atom stereocenters. The number of ether oxygens (including phenoxy) is 1. The second-order valence-electron chi connectivity index (χ2n) is 6.46. The predicted molar refractivity (Wildman–Crippen MR) is 105 cm³/mol. The van der Waals surface area contributed by atoms with Crippen molar-refractivity contribution in [3.05, 3.63) is 29.6 Å². The van der Waals surface area contributed by atoms with Gasteiger partial charge in [-0.2, -0.15) is 5.10 Å². The van der Waals surface area contributed by atoms with Crippen LogP contribution >= 0.6 is 11.3 Å². The average molecular weight is 405 g/mol. The summed E-state index contributed by atoms with van der Waals surface area (Å²) in [6.07, 6.45) is 4.80. The summed E-state index contributed by atoms with van der Waals surface area (Å²) in [7, 11) is 1.71. The standard InChI is InChI=1S/C18H23N5O4S/c1-4-27-17(25)13-11(2)16(23-10-6-8-19-23)28-14(13)21-18(26)20-12-7-5-9-22(3)15(12)24/h6,8,10,12H,4-5,7,9H2,1-3H3,(H2,20,21,26). The van der Waals surface area contributed by atoms with E-state index >= 15 is 0 Å². The van der Waals surface area contributed by atoms with Gasteiger partial charge in [0.2, 0.25) is 5.91 Å². The zero-order valence-electron chi connectivity index (χ0n) is 16.0. The van der Waals surface area contributed by atoms with Crippen LogP contribution in [0, 0.1) is 6.92 Å². The zero-order valence-corrected chi connectivity index (χ0v) is 16.8. The van der Waals surface area contributed by atoms with Gasteiger partial charge < -0.3 is 15.0 Å². The molecule has 9 nitrogen and oxygen atoms in total. The SMILES string of the molecule is CCOC(=O)c1c(NC(=O)NC2CCCN(C)C2=O)sc(-n2cccn2)c1C. The maximum atomic E-state index is 12.5. The molecule has 0 bridgehead atoms. The number of hydrogen-bond donors (Lipinski definition) is 2. The van der Waals surface area contributed by atoms with Crippen molar-refractivity contribution in [2.24, 2.45) is 0 Å². The third-order valence-electron chi connectivity index (χ3n) is 4.51. The number of piperidine rings is 1. The molecule has 28 heavy (non-hydrogen) atoms. The summed E-state index contributed by atoms with van der Waals surface area (Å²) >= 11 is 1.22. The molecule has 1 fully saturated rings. The number of esters is 1. The van der Waals surface area contributed by atoms with Gasteiger partial charge in [0.1, 0.15) is 16.0 Å². The molecule has 1 saturated heterocycles. The van der Waals surface area contributed by atoms with Crippen LogP contribution in [0.15, 0.2) is 18.5 Å². The van der Waals surface area contributed by atoms with Gasteiger partial charge in [-0.05, 0) is 32.8 Å². The minimum atomic E-state index is -0.573. The quantitative estimate of drug-likeness (QED) is 0.742. The third-order valence-corrected chi connectivity index (χ3v) is 5.70. The molecular weight excluding hydrogens is 382 g/mol. The number of thiophene rings is 1. The zero-order chi connectivity index (χ0) is 20.3. The van der Waals surface area contributed by atoms with E-state index in [1.54, 1.807) is 48.9 Å². The number of nitrogens with one attached hydrogen (secondary N) is 2. The van der Waals surface area contributed by atoms with Crippen LogP contribution in [0.4, 0.5) is 9.80 Å². The van der Waals surface area contributed by atoms with Gasteiger partial charge in [0.15, 0.2) is 0 Å². The normalized spacial score (nSPS) is 16.8. The fourth-order valence-electron chi connectivity index (χ4n) is 3.11. The predicted octanol–water partition coefficient (Wildman–Crippen LogP) is 2.16. The van der Waals surface area contributed by atoms with E-state index in [2.05, 4.69) is 15.7 Å². The van der Waals surface area contributed by atoms with Crippen LogP contribution in [0.3, 0.4) is 0 Å². The second kappa shape index (κ2) is 8.42. The molecule has 3 rings (SSSR count). The summed E-state index contributed by atoms with van der Waals surface area (Å²) in [5, 5.41) is 10.7. The molecule has 1 aliphatic rings. The molecule has 3 heterocycles. The number of rotatable bonds is 5. The highest BCUT2D eigenvalue weighted by Gasteiger charge is 2.29. The van der Waals surface area contributed by atoms with Crippen LogP contribution in [0.2, 0.25) is 0 Å². The fourth-order valence-corrected chi connectivity index (χ4v) is 4.24. The van der Waals surface area contributed by atoms with Crippen LogP contribution in [0.5, 0.6) is 0 Å². The smallest absolute Gasteiger partial charge is 0.341 e. The number of hydrogen-bond acceptors (Lipinski definition) is 6. The molecule has 0 spiro atoms. The van der Waals surface area contributed by atoms with E-state index < -0.39 is 18.0 Å². The molecule has 2 aromatic heterocycles. The Balaban J connectivity index is 1.83. The van der Waals surface area contributed by atoms with Gasteiger partial charge in [0.05, 0.1) is 12.2 Å². The maximum absolute atomic E-state index is 12.5. The highest BCUT2D eigenvalue weighted by Crippen LogP contribution is 2.36. The number of likely N-dealkylation sites (tertiary alicyclic amines) is 1. The highest BCUT2D eigenvalue weighted by molar-refractivity contribution is 7.19. The topological polar surface area (TPSA) is 106 Å². The van der Waals surface area contributed by atoms with Crippen molar-refractivity contribution in [1.29, 1.82) is 0 Å². The second-order valence-corrected chi connectivity index (χ2v) is 7.46. The Labute approximate surface area is 166 Å². The molecule has 0 saturated carbocycles. The van der Waals surface area contributed by atoms with Gasteiger partial charge in [0, 0.05) is 31.5 Å². The van der Waals surface area contributed by atoms with E-state index in [0.717, 1.165) is 6.42 Å². The summed E-state index contributed by atoms with van der Waals surface area (Å²) in [4.78, 5) is 38.8. The first-order chi connectivity index (χ1) is 13.4. The van der Waals surface area contributed by atoms with Crippen molar-refractivity contribution < 1.29 is 19.1 Å². The number of aromatic nitrogens is 2. The van der Waals surface area contributed by atoms with Crippen LogP contribution < -0.4 is 10.6 Å². The molecule has 0 aromatic carbocycles. The van der Waals surface area contributed by atoms with Gasteiger partial charge >= 0.3 is 12.0 Å². The van der Waals surface area contributed by atoms with Crippen LogP contribution in [0.25, 0.3) is 5.00 Å². The first-order valence-corrected chi connectivity index (χ1v) is 9.87. The summed E-state index contributed by atoms with van der Waals surface area (Å²) in [5.74, 6) is -0.634. The van der Waals surface area contributed by atoms with Crippen molar-refractivity contribution in [2.45, 2.75) is 32.7 Å². The lowest BCUT2D eigenvalue weighted by Gasteiger charge is -2.29. The largest absolute Gasteiger partial charge is 0.462 e. The number of likely N-dealkylation sites (N-methyl/N-ethyl adjacent to an activating group) is 1. The van der Waals surface area contributed by atoms with Crippen molar-refractivity contribution in [2.75, 3.05) is 25.5 Å². The van der Waals surface area contributed by atoms with E-state index in [-0.39, 0.29) is 12.5 Å². The van der Waals surface area contributed by atoms with Gasteiger partial charge in [-0.1, -0.05) is 11.3 Å². The Morgan fingerprint density at radius 1 is 1.43 bits per heavy atom. The van der Waals surface area contributed by atoms with Crippen molar-refractivity contribution in [3.63, 3.8) is 0 Å². The first-order valence-electron chi connectivity index (χ1n) is 9.05. The van der Waals surface area contributed by atoms with Gasteiger partial charge in [0.25, 0.3) is 0 Å². The van der Waals surface area contributed by atoms with Gasteiger partial charge in [-0.25, -0.2) is 14.3 Å². The summed E-state index contributed by atoms with van der Waals surface area (Å²) in [5.41, 5.74) is 0.954. The molecule has 3 amide bonds. The van der Waals surface area contributed by atoms with Crippen molar-refractivity contribution in [1.82, 2.24) is 20.0 Å². The van der Waals surface area contributed by atoms with E-state index in [0.29, 0.717) is 34.1 Å². The molecule has 150 valence electrons. The molecular formula is C18H23N5O4S. The third kappa shape index (κ3) is 4.01. The highest BCUT2D eigenvalue weighted by atomic mass is 32.1. The molecule has 10 heteroatoms. The first kappa shape index (κ1) is 19.9. The Morgan fingerprint density at radius 2 is 2.21 bits per heavy atom. The van der Waals surface area contributed by atoms with Crippen LogP contribution in [0.1, 0.15) is 35.7 Å². The number of urea groups is 1. The summed E-state index contributed by atoms with van der Waals surface area (Å²) < 4.78 is 6.78. The summed E-state index contributed by atoms with van der Waals surface area (Å²) in [6, 6.07) is 0.665. The fraction of sp³-hybridized carbons (Fsp3) is 0.444. The number of carbonyl (C=O) groups is 3. The van der Waals surface area contributed by atoms with E-state index in [1.165, 1.54) is 11.3 Å². The lowest BCUT2D eigenvalue weighted by atomic mass is 10.1. The molecule has 2 aromatic rings. The number of amides is 3. The maximum Gasteiger partial charge on any atom is 0.341 e. The van der Waals surface area contributed by atoms with E-state index in [1.807, 2.05) is 0 Å². The number of carbonyl (C=O) groups excluding carboxylic acids is 3. The Morgan fingerprint density at radius 3 is 2.89 bits per heavy atom. The average Bonchev–Trinajstić information content (AvgIpc) is 3.27. The Bertz CT molecular complexity index is 877. The molecule has 1 atom stereocenters. The van der Waals surface area contributed by atoms with Crippen LogP contribution in [-0.4, -0.2) is 58.8 Å². The summed E-state index contributed by atoms with van der Waals surface area (Å²) in [6.45, 7) is 4.41. The Hall–Kier alpha value is -2.88. The monoisotopic (exact) mass is 405 g/mol. The lowest BCUT2D eigenvalue weighted by Crippen LogP contribution is -2.51. The van der Waals surface area contributed by atoms with Crippen molar-refractivity contribution in [3.8, 4) is 5.00 Å². The minimum absolute atomic E-state index is 0.119. The minimum Gasteiger partial charge on any atom is -0.462 e. The lowest BCUT2D eigenvalue weighted by molar-refractivity contribution is -0.134. The van der Waals surface area contributed by atoms with E-state index in [9.17, 15) is 14.4 Å². The van der Waals surface area contributed by atoms with E-state index in [4.69, 9.17) is 4.74 Å². The molecule has 1 aliphatic heterocycles.